The molecule has 1 unspecified atom stereocenters. The van der Waals surface area contributed by atoms with E-state index in [2.05, 4.69) is 26.9 Å². The largest absolute Gasteiger partial charge is 0.302 e. The summed E-state index contributed by atoms with van der Waals surface area (Å²) in [6.07, 6.45) is 9.33. The van der Waals surface area contributed by atoms with Crippen LogP contribution in [0.4, 0.5) is 0 Å². The molecule has 1 aromatic rings. The molecule has 2 aliphatic heterocycles. The van der Waals surface area contributed by atoms with E-state index in [9.17, 15) is 0 Å². The van der Waals surface area contributed by atoms with Gasteiger partial charge in [0.05, 0.1) is 0 Å². The minimum Gasteiger partial charge on any atom is -0.302 e. The molecule has 0 radical (unpaired) electrons. The Kier molecular flexibility index (Phi) is 3.91. The summed E-state index contributed by atoms with van der Waals surface area (Å²) in [6, 6.07) is 4.90. The van der Waals surface area contributed by atoms with E-state index in [1.807, 2.05) is 12.4 Å². The highest BCUT2D eigenvalue weighted by molar-refractivity contribution is 5.15. The molecule has 2 saturated heterocycles. The van der Waals surface area contributed by atoms with Crippen molar-refractivity contribution in [3.05, 3.63) is 30.1 Å². The van der Waals surface area contributed by atoms with Crippen molar-refractivity contribution in [1.29, 1.82) is 0 Å². The molecular formula is C15H23N3. The Bertz CT molecular complexity index is 359. The molecule has 0 bridgehead atoms. The number of likely N-dealkylation sites (tertiary alicyclic amines) is 2. The monoisotopic (exact) mass is 245 g/mol. The van der Waals surface area contributed by atoms with Crippen molar-refractivity contribution in [2.75, 3.05) is 32.7 Å². The number of nitrogens with zero attached hydrogens (tertiary/aromatic N) is 3. The number of aromatic nitrogens is 1. The maximum atomic E-state index is 4.26. The van der Waals surface area contributed by atoms with Crippen molar-refractivity contribution >= 4 is 0 Å². The molecule has 0 N–H and O–H groups in total. The van der Waals surface area contributed by atoms with E-state index in [0.717, 1.165) is 0 Å². The second-order valence-electron chi connectivity index (χ2n) is 5.53. The van der Waals surface area contributed by atoms with E-state index in [1.165, 1.54) is 64.0 Å². The van der Waals surface area contributed by atoms with Crippen molar-refractivity contribution < 1.29 is 0 Å². The Morgan fingerprint density at radius 1 is 1.11 bits per heavy atom. The number of pyridine rings is 1. The predicted molar refractivity (Wildman–Crippen MR) is 73.5 cm³/mol. The molecule has 3 nitrogen and oxygen atoms in total. The lowest BCUT2D eigenvalue weighted by Gasteiger charge is -2.26. The normalized spacial score (nSPS) is 25.9. The fourth-order valence-corrected chi connectivity index (χ4v) is 3.32. The maximum absolute atomic E-state index is 4.26. The highest BCUT2D eigenvalue weighted by Gasteiger charge is 2.26. The highest BCUT2D eigenvalue weighted by Crippen LogP contribution is 2.30. The van der Waals surface area contributed by atoms with E-state index in [4.69, 9.17) is 0 Å². The van der Waals surface area contributed by atoms with E-state index in [0.29, 0.717) is 6.04 Å². The van der Waals surface area contributed by atoms with E-state index < -0.39 is 0 Å². The standard InChI is InChI=1S/C15H23N3/c1-2-9-17(8-1)11-12-18-10-4-6-15(18)14-5-3-7-16-13-14/h3,5,7,13,15H,1-2,4,6,8-12H2. The van der Waals surface area contributed by atoms with Crippen molar-refractivity contribution in [2.45, 2.75) is 31.7 Å². The topological polar surface area (TPSA) is 19.4 Å². The van der Waals surface area contributed by atoms with Gasteiger partial charge in [-0.05, 0) is 56.9 Å². The molecule has 3 rings (SSSR count). The number of hydrogen-bond acceptors (Lipinski definition) is 3. The van der Waals surface area contributed by atoms with Gasteiger partial charge in [-0.3, -0.25) is 9.88 Å². The number of hydrogen-bond donors (Lipinski definition) is 0. The van der Waals surface area contributed by atoms with Crippen LogP contribution in [0, 0.1) is 0 Å². The summed E-state index contributed by atoms with van der Waals surface area (Å²) >= 11 is 0. The minimum atomic E-state index is 0.612. The highest BCUT2D eigenvalue weighted by atomic mass is 15.2. The van der Waals surface area contributed by atoms with E-state index in [1.54, 1.807) is 0 Å². The Morgan fingerprint density at radius 3 is 2.78 bits per heavy atom. The van der Waals surface area contributed by atoms with Crippen molar-refractivity contribution in [1.82, 2.24) is 14.8 Å². The molecule has 2 fully saturated rings. The molecule has 3 heterocycles. The van der Waals surface area contributed by atoms with Gasteiger partial charge in [0.1, 0.15) is 0 Å². The summed E-state index contributed by atoms with van der Waals surface area (Å²) < 4.78 is 0. The lowest BCUT2D eigenvalue weighted by molar-refractivity contribution is 0.213. The summed E-state index contributed by atoms with van der Waals surface area (Å²) in [4.78, 5) is 9.52. The van der Waals surface area contributed by atoms with Crippen LogP contribution < -0.4 is 0 Å². The van der Waals surface area contributed by atoms with Crippen LogP contribution in [-0.4, -0.2) is 47.5 Å². The predicted octanol–water partition coefficient (Wildman–Crippen LogP) is 2.31. The van der Waals surface area contributed by atoms with Crippen molar-refractivity contribution in [3.63, 3.8) is 0 Å². The number of rotatable bonds is 4. The quantitative estimate of drug-likeness (QED) is 0.811. The minimum absolute atomic E-state index is 0.612. The third-order valence-corrected chi connectivity index (χ3v) is 4.33. The SMILES string of the molecule is c1cncc(C2CCCN2CCN2CCCC2)c1. The van der Waals surface area contributed by atoms with Crippen molar-refractivity contribution in [2.24, 2.45) is 0 Å². The zero-order valence-electron chi connectivity index (χ0n) is 11.1. The van der Waals surface area contributed by atoms with Gasteiger partial charge in [0.15, 0.2) is 0 Å². The van der Waals surface area contributed by atoms with Gasteiger partial charge in [0.25, 0.3) is 0 Å². The first-order valence-corrected chi connectivity index (χ1v) is 7.30. The molecule has 1 aromatic heterocycles. The van der Waals surface area contributed by atoms with E-state index >= 15 is 0 Å². The summed E-state index contributed by atoms with van der Waals surface area (Å²) in [5.41, 5.74) is 1.40. The van der Waals surface area contributed by atoms with Crippen molar-refractivity contribution in [3.8, 4) is 0 Å². The Balaban J connectivity index is 1.57. The van der Waals surface area contributed by atoms with Crippen LogP contribution in [0.1, 0.15) is 37.3 Å². The summed E-state index contributed by atoms with van der Waals surface area (Å²) in [5.74, 6) is 0. The van der Waals surface area contributed by atoms with Gasteiger partial charge < -0.3 is 4.90 Å². The van der Waals surface area contributed by atoms with Gasteiger partial charge in [-0.1, -0.05) is 6.07 Å². The van der Waals surface area contributed by atoms with Gasteiger partial charge in [-0.25, -0.2) is 0 Å². The van der Waals surface area contributed by atoms with E-state index in [-0.39, 0.29) is 0 Å². The molecule has 18 heavy (non-hydrogen) atoms. The van der Waals surface area contributed by atoms with Crippen LogP contribution in [0.2, 0.25) is 0 Å². The molecule has 2 aliphatic rings. The fraction of sp³-hybridized carbons (Fsp3) is 0.667. The molecule has 98 valence electrons. The molecule has 0 amide bonds. The van der Waals surface area contributed by atoms with Gasteiger partial charge >= 0.3 is 0 Å². The molecule has 0 saturated carbocycles. The average molecular weight is 245 g/mol. The zero-order valence-corrected chi connectivity index (χ0v) is 11.1. The molecule has 0 aliphatic carbocycles. The first kappa shape index (κ1) is 12.1. The first-order chi connectivity index (χ1) is 8.93. The summed E-state index contributed by atoms with van der Waals surface area (Å²) in [6.45, 7) is 6.35. The molecule has 0 aromatic carbocycles. The van der Waals surface area contributed by atoms with Gasteiger partial charge in [0, 0.05) is 31.5 Å². The fourth-order valence-electron chi connectivity index (χ4n) is 3.32. The van der Waals surface area contributed by atoms with Crippen LogP contribution in [0.5, 0.6) is 0 Å². The summed E-state index contributed by atoms with van der Waals surface area (Å²) in [5, 5.41) is 0. The maximum Gasteiger partial charge on any atom is 0.0364 e. The second-order valence-corrected chi connectivity index (χ2v) is 5.53. The third kappa shape index (κ3) is 2.73. The lowest BCUT2D eigenvalue weighted by Crippen LogP contribution is -2.33. The van der Waals surface area contributed by atoms with Crippen LogP contribution in [0.15, 0.2) is 24.5 Å². The smallest absolute Gasteiger partial charge is 0.0364 e. The Hall–Kier alpha value is -0.930. The van der Waals surface area contributed by atoms with Gasteiger partial charge in [-0.2, -0.15) is 0 Å². The Labute approximate surface area is 110 Å². The van der Waals surface area contributed by atoms with Crippen LogP contribution in [0.3, 0.4) is 0 Å². The molecule has 3 heteroatoms. The third-order valence-electron chi connectivity index (χ3n) is 4.33. The Morgan fingerprint density at radius 2 is 2.00 bits per heavy atom. The van der Waals surface area contributed by atoms with Crippen LogP contribution in [-0.2, 0) is 0 Å². The molecule has 1 atom stereocenters. The lowest BCUT2D eigenvalue weighted by atomic mass is 10.1. The summed E-state index contributed by atoms with van der Waals surface area (Å²) in [7, 11) is 0. The van der Waals surface area contributed by atoms with Gasteiger partial charge in [-0.15, -0.1) is 0 Å². The van der Waals surface area contributed by atoms with Gasteiger partial charge in [0.2, 0.25) is 0 Å². The average Bonchev–Trinajstić information content (AvgIpc) is 3.09. The van der Waals surface area contributed by atoms with Crippen LogP contribution >= 0.6 is 0 Å². The zero-order chi connectivity index (χ0) is 12.2. The molecule has 0 spiro atoms. The molecular weight excluding hydrogens is 222 g/mol. The van der Waals surface area contributed by atoms with Crippen LogP contribution in [0.25, 0.3) is 0 Å². The second kappa shape index (κ2) is 5.81. The first-order valence-electron chi connectivity index (χ1n) is 7.30.